The number of hydrogen-bond donors (Lipinski definition) is 1. The number of hydrogen-bond acceptors (Lipinski definition) is 3. The molecule has 1 aromatic carbocycles. The molecule has 1 saturated heterocycles. The number of amides is 1. The van der Waals surface area contributed by atoms with Gasteiger partial charge in [0, 0.05) is 24.9 Å². The number of carbonyl (C=O) groups excluding carboxylic acids is 1. The van der Waals surface area contributed by atoms with Crippen LogP contribution >= 0.6 is 0 Å². The summed E-state index contributed by atoms with van der Waals surface area (Å²) in [5.41, 5.74) is 2.29. The summed E-state index contributed by atoms with van der Waals surface area (Å²) in [6.45, 7) is 2.08. The molecule has 0 spiro atoms. The molecule has 2 aliphatic rings. The number of carbonyl (C=O) groups is 1. The van der Waals surface area contributed by atoms with E-state index in [1.54, 1.807) is 0 Å². The van der Waals surface area contributed by atoms with E-state index in [4.69, 9.17) is 4.74 Å². The number of benzene rings is 1. The van der Waals surface area contributed by atoms with Crippen molar-refractivity contribution >= 4 is 11.6 Å². The number of rotatable bonds is 2. The van der Waals surface area contributed by atoms with Crippen molar-refractivity contribution in [3.8, 4) is 0 Å². The standard InChI is InChI=1S/C15H20N2O2/c1-16-13-6-8-17(14-5-3-2-4-12(13)14)15(18)11-7-9-19-10-11/h2-5,11,13,16H,6-10H2,1H3. The maximum atomic E-state index is 12.6. The van der Waals surface area contributed by atoms with Gasteiger partial charge in [-0.15, -0.1) is 0 Å². The highest BCUT2D eigenvalue weighted by Gasteiger charge is 2.33. The molecule has 4 heteroatoms. The lowest BCUT2D eigenvalue weighted by atomic mass is 9.95. The van der Waals surface area contributed by atoms with E-state index in [0.29, 0.717) is 19.3 Å². The van der Waals surface area contributed by atoms with Gasteiger partial charge in [-0.25, -0.2) is 0 Å². The molecule has 2 aliphatic heterocycles. The number of anilines is 1. The Bertz CT molecular complexity index is 469. The Hall–Kier alpha value is -1.39. The maximum Gasteiger partial charge on any atom is 0.232 e. The lowest BCUT2D eigenvalue weighted by molar-refractivity contribution is -0.122. The summed E-state index contributed by atoms with van der Waals surface area (Å²) >= 11 is 0. The molecule has 4 nitrogen and oxygen atoms in total. The van der Waals surface area contributed by atoms with E-state index in [0.717, 1.165) is 25.1 Å². The zero-order valence-electron chi connectivity index (χ0n) is 11.3. The van der Waals surface area contributed by atoms with Gasteiger partial charge in [-0.05, 0) is 31.5 Å². The minimum Gasteiger partial charge on any atom is -0.381 e. The highest BCUT2D eigenvalue weighted by molar-refractivity contribution is 5.96. The average molecular weight is 260 g/mol. The van der Waals surface area contributed by atoms with Crippen LogP contribution in [-0.2, 0) is 9.53 Å². The second-order valence-corrected chi connectivity index (χ2v) is 5.24. The second-order valence-electron chi connectivity index (χ2n) is 5.24. The van der Waals surface area contributed by atoms with Crippen LogP contribution in [0.5, 0.6) is 0 Å². The van der Waals surface area contributed by atoms with Gasteiger partial charge in [0.05, 0.1) is 12.5 Å². The Kier molecular flexibility index (Phi) is 3.53. The maximum absolute atomic E-state index is 12.6. The Morgan fingerprint density at radius 1 is 1.37 bits per heavy atom. The van der Waals surface area contributed by atoms with Crippen LogP contribution < -0.4 is 10.2 Å². The van der Waals surface area contributed by atoms with Crippen LogP contribution in [0, 0.1) is 5.92 Å². The highest BCUT2D eigenvalue weighted by atomic mass is 16.5. The largest absolute Gasteiger partial charge is 0.381 e. The third-order valence-corrected chi connectivity index (χ3v) is 4.14. The van der Waals surface area contributed by atoms with Crippen LogP contribution in [0.4, 0.5) is 5.69 Å². The van der Waals surface area contributed by atoms with Crippen molar-refractivity contribution in [3.05, 3.63) is 29.8 Å². The molecule has 1 amide bonds. The summed E-state index contributed by atoms with van der Waals surface area (Å²) in [4.78, 5) is 14.5. The minimum atomic E-state index is 0.0409. The molecular weight excluding hydrogens is 240 g/mol. The predicted molar refractivity (Wildman–Crippen MR) is 74.1 cm³/mol. The van der Waals surface area contributed by atoms with Gasteiger partial charge in [-0.1, -0.05) is 18.2 Å². The van der Waals surface area contributed by atoms with Gasteiger partial charge >= 0.3 is 0 Å². The molecule has 3 rings (SSSR count). The van der Waals surface area contributed by atoms with Crippen LogP contribution in [0.15, 0.2) is 24.3 Å². The van der Waals surface area contributed by atoms with Gasteiger partial charge < -0.3 is 15.0 Å². The number of fused-ring (bicyclic) bond motifs is 1. The lowest BCUT2D eigenvalue weighted by Crippen LogP contribution is -2.42. The van der Waals surface area contributed by atoms with Crippen LogP contribution in [0.1, 0.15) is 24.4 Å². The van der Waals surface area contributed by atoms with Crippen LogP contribution in [-0.4, -0.2) is 32.7 Å². The molecule has 19 heavy (non-hydrogen) atoms. The molecule has 1 N–H and O–H groups in total. The van der Waals surface area contributed by atoms with Crippen LogP contribution in [0.3, 0.4) is 0 Å². The quantitative estimate of drug-likeness (QED) is 0.880. The molecule has 2 heterocycles. The Morgan fingerprint density at radius 3 is 2.95 bits per heavy atom. The van der Waals surface area contributed by atoms with Crippen LogP contribution in [0.2, 0.25) is 0 Å². The van der Waals surface area contributed by atoms with E-state index < -0.39 is 0 Å². The SMILES string of the molecule is CNC1CCN(C(=O)C2CCOC2)c2ccccc21. The molecule has 0 aromatic heterocycles. The molecule has 0 bridgehead atoms. The van der Waals surface area contributed by atoms with E-state index in [2.05, 4.69) is 11.4 Å². The number of nitrogens with zero attached hydrogens (tertiary/aromatic N) is 1. The number of nitrogens with one attached hydrogen (secondary N) is 1. The minimum absolute atomic E-state index is 0.0409. The first-order chi connectivity index (χ1) is 9.31. The average Bonchev–Trinajstić information content (AvgIpc) is 2.99. The monoisotopic (exact) mass is 260 g/mol. The van der Waals surface area contributed by atoms with Crippen molar-refractivity contribution in [2.24, 2.45) is 5.92 Å². The molecule has 102 valence electrons. The summed E-state index contributed by atoms with van der Waals surface area (Å²) in [6.07, 6.45) is 1.82. The normalized spacial score (nSPS) is 26.3. The summed E-state index contributed by atoms with van der Waals surface area (Å²) < 4.78 is 5.34. The van der Waals surface area contributed by atoms with Gasteiger partial charge in [-0.2, -0.15) is 0 Å². The van der Waals surface area contributed by atoms with Crippen molar-refractivity contribution in [2.45, 2.75) is 18.9 Å². The van der Waals surface area contributed by atoms with Gasteiger partial charge in [0.25, 0.3) is 0 Å². The summed E-state index contributed by atoms with van der Waals surface area (Å²) in [5.74, 6) is 0.263. The Labute approximate surface area is 113 Å². The zero-order chi connectivity index (χ0) is 13.2. The number of para-hydroxylation sites is 1. The fraction of sp³-hybridized carbons (Fsp3) is 0.533. The van der Waals surface area contributed by atoms with E-state index in [-0.39, 0.29) is 11.8 Å². The smallest absolute Gasteiger partial charge is 0.232 e. The summed E-state index contributed by atoms with van der Waals surface area (Å²) in [6, 6.07) is 8.55. The van der Waals surface area contributed by atoms with Crippen molar-refractivity contribution in [2.75, 3.05) is 31.7 Å². The molecule has 2 unspecified atom stereocenters. The fourth-order valence-corrected chi connectivity index (χ4v) is 3.04. The first kappa shape index (κ1) is 12.6. The highest BCUT2D eigenvalue weighted by Crippen LogP contribution is 2.34. The molecule has 0 radical (unpaired) electrons. The molecule has 1 aromatic rings. The lowest BCUT2D eigenvalue weighted by Gasteiger charge is -2.35. The van der Waals surface area contributed by atoms with E-state index in [1.165, 1.54) is 5.56 Å². The van der Waals surface area contributed by atoms with E-state index >= 15 is 0 Å². The predicted octanol–water partition coefficient (Wildman–Crippen LogP) is 1.72. The van der Waals surface area contributed by atoms with Gasteiger partial charge in [0.15, 0.2) is 0 Å². The van der Waals surface area contributed by atoms with Gasteiger partial charge in [-0.3, -0.25) is 4.79 Å². The topological polar surface area (TPSA) is 41.6 Å². The van der Waals surface area contributed by atoms with Crippen LogP contribution in [0.25, 0.3) is 0 Å². The molecule has 0 saturated carbocycles. The van der Waals surface area contributed by atoms with Crippen molar-refractivity contribution in [1.29, 1.82) is 0 Å². The zero-order valence-corrected chi connectivity index (χ0v) is 11.3. The number of ether oxygens (including phenoxy) is 1. The first-order valence-electron chi connectivity index (χ1n) is 6.96. The summed E-state index contributed by atoms with van der Waals surface area (Å²) in [5, 5.41) is 3.33. The van der Waals surface area contributed by atoms with Crippen molar-refractivity contribution in [3.63, 3.8) is 0 Å². The fourth-order valence-electron chi connectivity index (χ4n) is 3.04. The molecule has 2 atom stereocenters. The third kappa shape index (κ3) is 2.26. The molecule has 0 aliphatic carbocycles. The molecule has 1 fully saturated rings. The third-order valence-electron chi connectivity index (χ3n) is 4.14. The van der Waals surface area contributed by atoms with E-state index in [9.17, 15) is 4.79 Å². The van der Waals surface area contributed by atoms with Crippen molar-refractivity contribution in [1.82, 2.24) is 5.32 Å². The van der Waals surface area contributed by atoms with Crippen molar-refractivity contribution < 1.29 is 9.53 Å². The Morgan fingerprint density at radius 2 is 2.21 bits per heavy atom. The first-order valence-corrected chi connectivity index (χ1v) is 6.96. The molecular formula is C15H20N2O2. The second kappa shape index (κ2) is 5.31. The van der Waals surface area contributed by atoms with Gasteiger partial charge in [0.2, 0.25) is 5.91 Å². The Balaban J connectivity index is 1.89. The van der Waals surface area contributed by atoms with E-state index in [1.807, 2.05) is 30.1 Å². The van der Waals surface area contributed by atoms with Gasteiger partial charge in [0.1, 0.15) is 0 Å². The summed E-state index contributed by atoms with van der Waals surface area (Å²) in [7, 11) is 1.98.